The number of carbonyl (C=O) groups is 1. The quantitative estimate of drug-likeness (QED) is 0.618. The maximum absolute atomic E-state index is 13.4. The molecule has 2 atom stereocenters. The normalized spacial score (nSPS) is 23.7. The lowest BCUT2D eigenvalue weighted by atomic mass is 9.76. The highest BCUT2D eigenvalue weighted by atomic mass is 32.1. The molecule has 5 nitrogen and oxygen atoms in total. The molecule has 1 saturated heterocycles. The third-order valence-electron chi connectivity index (χ3n) is 6.32. The number of aromatic nitrogens is 1. The molecule has 0 unspecified atom stereocenters. The van der Waals surface area contributed by atoms with Crippen molar-refractivity contribution in [2.45, 2.75) is 37.1 Å². The van der Waals surface area contributed by atoms with E-state index in [1.165, 1.54) is 46.9 Å². The Hall–Kier alpha value is -3.06. The molecule has 1 amide bonds. The van der Waals surface area contributed by atoms with E-state index >= 15 is 0 Å². The molecule has 1 aliphatic heterocycles. The van der Waals surface area contributed by atoms with Gasteiger partial charge < -0.3 is 5.32 Å². The highest BCUT2D eigenvalue weighted by Gasteiger charge is 2.49. The van der Waals surface area contributed by atoms with E-state index in [0.717, 1.165) is 16.0 Å². The standard InChI is InChI=1S/C24H23FN4OS/c1-24(20-11-17(13-31-20)19-10-9-18(25)12-27-19)21(22(30)29(2)23(26)28-24)16-7-5-15(6-8-16)14-3-4-14/h5-14,21H,3-4H2,1-2H3,(H2,26,28)/t21-,24+/m0/s1. The fraction of sp³-hybridized carbons (Fsp3) is 0.292. The summed E-state index contributed by atoms with van der Waals surface area (Å²) in [7, 11) is 1.63. The number of nitrogens with zero attached hydrogens (tertiary/aromatic N) is 2. The molecule has 1 saturated carbocycles. The molecule has 1 aromatic carbocycles. The smallest absolute Gasteiger partial charge is 0.239 e. The summed E-state index contributed by atoms with van der Waals surface area (Å²) < 4.78 is 13.3. The number of likely N-dealkylation sites (N-methyl/N-ethyl adjacent to an activating group) is 1. The topological polar surface area (TPSA) is 69.1 Å². The minimum atomic E-state index is -0.787. The molecule has 2 aromatic heterocycles. The van der Waals surface area contributed by atoms with Crippen LogP contribution in [0.1, 0.15) is 47.6 Å². The Morgan fingerprint density at radius 2 is 1.90 bits per heavy atom. The van der Waals surface area contributed by atoms with Gasteiger partial charge in [-0.1, -0.05) is 24.3 Å². The van der Waals surface area contributed by atoms with Crippen LogP contribution in [0, 0.1) is 11.2 Å². The van der Waals surface area contributed by atoms with Gasteiger partial charge in [0.2, 0.25) is 5.91 Å². The minimum absolute atomic E-state index is 0.0770. The summed E-state index contributed by atoms with van der Waals surface area (Å²) in [4.78, 5) is 19.8. The van der Waals surface area contributed by atoms with Gasteiger partial charge in [-0.25, -0.2) is 4.39 Å². The van der Waals surface area contributed by atoms with Gasteiger partial charge >= 0.3 is 0 Å². The number of guanidine groups is 1. The number of carbonyl (C=O) groups excluding carboxylic acids is 1. The largest absolute Gasteiger partial charge is 0.345 e. The van der Waals surface area contributed by atoms with Gasteiger partial charge in [-0.15, -0.1) is 11.3 Å². The first kappa shape index (κ1) is 19.9. The molecule has 2 aliphatic rings. The summed E-state index contributed by atoms with van der Waals surface area (Å²) in [5.74, 6) is -0.238. The lowest BCUT2D eigenvalue weighted by Gasteiger charge is -2.45. The Morgan fingerprint density at radius 3 is 2.55 bits per heavy atom. The molecule has 3 aromatic rings. The summed E-state index contributed by atoms with van der Waals surface area (Å²) in [6.45, 7) is 1.97. The van der Waals surface area contributed by atoms with Crippen molar-refractivity contribution in [2.75, 3.05) is 7.05 Å². The first-order valence-corrected chi connectivity index (χ1v) is 11.2. The second-order valence-corrected chi connectivity index (χ2v) is 9.42. The molecule has 0 radical (unpaired) electrons. The molecule has 2 fully saturated rings. The lowest BCUT2D eigenvalue weighted by Crippen LogP contribution is -2.62. The molecule has 0 bridgehead atoms. The monoisotopic (exact) mass is 434 g/mol. The van der Waals surface area contributed by atoms with Crippen LogP contribution in [0.2, 0.25) is 0 Å². The number of rotatable bonds is 4. The van der Waals surface area contributed by atoms with Gasteiger partial charge in [0.05, 0.1) is 23.3 Å². The first-order chi connectivity index (χ1) is 14.9. The highest BCUT2D eigenvalue weighted by Crippen LogP contribution is 2.45. The zero-order chi connectivity index (χ0) is 21.8. The molecular weight excluding hydrogens is 411 g/mol. The van der Waals surface area contributed by atoms with Crippen LogP contribution in [0.4, 0.5) is 4.39 Å². The van der Waals surface area contributed by atoms with E-state index < -0.39 is 11.5 Å². The van der Waals surface area contributed by atoms with Crippen molar-refractivity contribution in [3.63, 3.8) is 0 Å². The Balaban J connectivity index is 1.55. The van der Waals surface area contributed by atoms with Gasteiger partial charge in [0, 0.05) is 22.9 Å². The van der Waals surface area contributed by atoms with E-state index in [1.807, 2.05) is 18.4 Å². The number of pyridine rings is 1. The van der Waals surface area contributed by atoms with Crippen LogP contribution < -0.4 is 5.32 Å². The number of hydrogen-bond acceptors (Lipinski definition) is 4. The number of halogens is 1. The van der Waals surface area contributed by atoms with Gasteiger partial charge in [0.25, 0.3) is 0 Å². The second kappa shape index (κ2) is 7.27. The molecule has 158 valence electrons. The molecule has 1 aliphatic carbocycles. The van der Waals surface area contributed by atoms with E-state index in [0.29, 0.717) is 11.6 Å². The molecule has 0 spiro atoms. The molecule has 2 N–H and O–H groups in total. The Kier molecular flexibility index (Phi) is 4.66. The number of hydrogen-bond donors (Lipinski definition) is 2. The number of thiophene rings is 1. The SMILES string of the molecule is CN1C(=N)N[C@](C)(c2cc(-c3ccc(F)cn3)cs2)[C@@H](c2ccc(C3CC3)cc2)C1=O. The molecule has 31 heavy (non-hydrogen) atoms. The van der Waals surface area contributed by atoms with Crippen molar-refractivity contribution < 1.29 is 9.18 Å². The predicted molar refractivity (Wildman–Crippen MR) is 120 cm³/mol. The van der Waals surface area contributed by atoms with Crippen LogP contribution in [0.5, 0.6) is 0 Å². The number of amides is 1. The zero-order valence-corrected chi connectivity index (χ0v) is 18.2. The maximum atomic E-state index is 13.4. The van der Waals surface area contributed by atoms with Crippen molar-refractivity contribution in [3.05, 3.63) is 75.9 Å². The third-order valence-corrected chi connectivity index (χ3v) is 7.49. The second-order valence-electron chi connectivity index (χ2n) is 8.51. The third kappa shape index (κ3) is 3.43. The summed E-state index contributed by atoms with van der Waals surface area (Å²) >= 11 is 1.51. The van der Waals surface area contributed by atoms with Crippen molar-refractivity contribution in [1.82, 2.24) is 15.2 Å². The van der Waals surface area contributed by atoms with E-state index in [1.54, 1.807) is 13.1 Å². The number of benzene rings is 1. The van der Waals surface area contributed by atoms with E-state index in [2.05, 4.69) is 34.6 Å². The van der Waals surface area contributed by atoms with Crippen LogP contribution >= 0.6 is 11.3 Å². The predicted octanol–water partition coefficient (Wildman–Crippen LogP) is 4.82. The summed E-state index contributed by atoms with van der Waals surface area (Å²) in [6, 6.07) is 13.4. The van der Waals surface area contributed by atoms with Gasteiger partial charge in [0.1, 0.15) is 5.82 Å². The Bertz CT molecular complexity index is 1150. The zero-order valence-electron chi connectivity index (χ0n) is 17.4. The molecular formula is C24H23FN4OS. The van der Waals surface area contributed by atoms with E-state index in [4.69, 9.17) is 5.41 Å². The Labute approximate surface area is 184 Å². The van der Waals surface area contributed by atoms with Crippen LogP contribution in [0.15, 0.2) is 54.0 Å². The van der Waals surface area contributed by atoms with Gasteiger partial charge in [-0.2, -0.15) is 0 Å². The van der Waals surface area contributed by atoms with E-state index in [9.17, 15) is 9.18 Å². The Morgan fingerprint density at radius 1 is 1.19 bits per heavy atom. The van der Waals surface area contributed by atoms with Crippen molar-refractivity contribution in [3.8, 4) is 11.3 Å². The molecule has 5 rings (SSSR count). The summed E-state index contributed by atoms with van der Waals surface area (Å²) in [5, 5.41) is 13.6. The fourth-order valence-electron chi connectivity index (χ4n) is 4.30. The minimum Gasteiger partial charge on any atom is -0.345 e. The van der Waals surface area contributed by atoms with Crippen molar-refractivity contribution >= 4 is 23.2 Å². The van der Waals surface area contributed by atoms with Gasteiger partial charge in [-0.3, -0.25) is 20.1 Å². The van der Waals surface area contributed by atoms with Gasteiger partial charge in [0.15, 0.2) is 5.96 Å². The van der Waals surface area contributed by atoms with E-state index in [-0.39, 0.29) is 17.7 Å². The van der Waals surface area contributed by atoms with Crippen molar-refractivity contribution in [2.24, 2.45) is 0 Å². The van der Waals surface area contributed by atoms with Crippen LogP contribution in [-0.2, 0) is 10.3 Å². The average molecular weight is 435 g/mol. The fourth-order valence-corrected chi connectivity index (χ4v) is 5.35. The van der Waals surface area contributed by atoms with Crippen LogP contribution in [-0.4, -0.2) is 28.8 Å². The first-order valence-electron chi connectivity index (χ1n) is 10.3. The maximum Gasteiger partial charge on any atom is 0.239 e. The van der Waals surface area contributed by atoms with Crippen LogP contribution in [0.3, 0.4) is 0 Å². The molecule has 3 heterocycles. The van der Waals surface area contributed by atoms with Gasteiger partial charge in [-0.05, 0) is 55.0 Å². The lowest BCUT2D eigenvalue weighted by molar-refractivity contribution is -0.131. The van der Waals surface area contributed by atoms with Crippen LogP contribution in [0.25, 0.3) is 11.3 Å². The molecule has 7 heteroatoms. The number of nitrogens with one attached hydrogen (secondary N) is 2. The highest BCUT2D eigenvalue weighted by molar-refractivity contribution is 7.10. The summed E-state index contributed by atoms with van der Waals surface area (Å²) in [6.07, 6.45) is 3.66. The van der Waals surface area contributed by atoms with Crippen molar-refractivity contribution in [1.29, 1.82) is 5.41 Å². The summed E-state index contributed by atoms with van der Waals surface area (Å²) in [5.41, 5.74) is 3.00. The average Bonchev–Trinajstić information content (AvgIpc) is 3.49.